The van der Waals surface area contributed by atoms with E-state index in [4.69, 9.17) is 10.2 Å². The summed E-state index contributed by atoms with van der Waals surface area (Å²) in [5.74, 6) is 0. The van der Waals surface area contributed by atoms with Gasteiger partial charge >= 0.3 is 6.16 Å². The Labute approximate surface area is 67.4 Å². The van der Waals surface area contributed by atoms with Crippen molar-refractivity contribution >= 4 is 0 Å². The minimum absolute atomic E-state index is 0. The van der Waals surface area contributed by atoms with Crippen molar-refractivity contribution in [1.29, 1.82) is 0 Å². The molecule has 5 heteroatoms. The molecule has 6 heavy (non-hydrogen) atoms. The SMILES string of the molecule is OC1(O)OO1.[Ce]. The molecule has 0 amide bonds. The summed E-state index contributed by atoms with van der Waals surface area (Å²) >= 11 is 0. The standard InChI is InChI=1S/CH2O4.Ce/c2-1(3)4-5-1;/h2-3H;. The molecular weight excluding hydrogens is 216 g/mol. The molecule has 1 fully saturated rings. The first-order valence-electron chi connectivity index (χ1n) is 1.02. The summed E-state index contributed by atoms with van der Waals surface area (Å²) in [6.07, 6.45) is -2.25. The first kappa shape index (κ1) is 7.22. The van der Waals surface area contributed by atoms with E-state index in [0.29, 0.717) is 0 Å². The molecule has 0 radical (unpaired) electrons. The van der Waals surface area contributed by atoms with Crippen LogP contribution in [0.1, 0.15) is 0 Å². The molecule has 0 spiro atoms. The molecule has 1 aliphatic heterocycles. The van der Waals surface area contributed by atoms with E-state index in [9.17, 15) is 0 Å². The molecule has 0 aromatic carbocycles. The zero-order valence-corrected chi connectivity index (χ0v) is 5.85. The predicted molar refractivity (Wildman–Crippen MR) is 9.34 cm³/mol. The zero-order chi connectivity index (χ0) is 3.91. The second-order valence-electron chi connectivity index (χ2n) is 0.715. The number of hydrogen-bond donors (Lipinski definition) is 2. The van der Waals surface area contributed by atoms with Crippen LogP contribution in [0, 0.1) is 41.7 Å². The third-order valence-corrected chi connectivity index (χ3v) is 0.232. The average Bonchev–Trinajstić information content (AvgIpc) is 1.76. The van der Waals surface area contributed by atoms with Crippen LogP contribution < -0.4 is 0 Å². The Hall–Kier alpha value is 1.22. The van der Waals surface area contributed by atoms with Crippen molar-refractivity contribution < 1.29 is 61.7 Å². The van der Waals surface area contributed by atoms with Gasteiger partial charge in [-0.3, -0.25) is 0 Å². The second-order valence-corrected chi connectivity index (χ2v) is 0.715. The summed E-state index contributed by atoms with van der Waals surface area (Å²) in [5, 5.41) is 15.5. The quantitative estimate of drug-likeness (QED) is 0.296. The summed E-state index contributed by atoms with van der Waals surface area (Å²) in [6, 6.07) is 0. The van der Waals surface area contributed by atoms with Gasteiger partial charge in [0.1, 0.15) is 0 Å². The Balaban J connectivity index is 0.000000250. The molecule has 0 saturated carbocycles. The Kier molecular flexibility index (Phi) is 2.40. The van der Waals surface area contributed by atoms with Crippen molar-refractivity contribution in [1.82, 2.24) is 0 Å². The number of rotatable bonds is 0. The van der Waals surface area contributed by atoms with E-state index in [-0.39, 0.29) is 41.7 Å². The van der Waals surface area contributed by atoms with Crippen LogP contribution in [0.25, 0.3) is 0 Å². The first-order chi connectivity index (χ1) is 2.21. The van der Waals surface area contributed by atoms with Gasteiger partial charge in [0, 0.05) is 41.7 Å². The van der Waals surface area contributed by atoms with Crippen LogP contribution in [0.5, 0.6) is 0 Å². The predicted octanol–water partition coefficient (Wildman–Crippen LogP) is -1.46. The van der Waals surface area contributed by atoms with Gasteiger partial charge in [0.25, 0.3) is 0 Å². The number of aliphatic hydroxyl groups is 2. The molecule has 4 nitrogen and oxygen atoms in total. The van der Waals surface area contributed by atoms with Crippen LogP contribution in [0.15, 0.2) is 0 Å². The molecule has 2 N–H and O–H groups in total. The van der Waals surface area contributed by atoms with Gasteiger partial charge in [0.05, 0.1) is 0 Å². The largest absolute Gasteiger partial charge is 0.461 e. The van der Waals surface area contributed by atoms with Crippen molar-refractivity contribution in [2.24, 2.45) is 0 Å². The molecule has 1 aliphatic rings. The van der Waals surface area contributed by atoms with E-state index in [0.717, 1.165) is 0 Å². The molecule has 0 bridgehead atoms. The maximum atomic E-state index is 7.74. The van der Waals surface area contributed by atoms with E-state index in [1.54, 1.807) is 0 Å². The van der Waals surface area contributed by atoms with Crippen molar-refractivity contribution in [3.63, 3.8) is 0 Å². The van der Waals surface area contributed by atoms with Crippen molar-refractivity contribution in [3.05, 3.63) is 0 Å². The van der Waals surface area contributed by atoms with Gasteiger partial charge in [-0.05, 0) is 0 Å². The Morgan fingerprint density at radius 3 is 1.33 bits per heavy atom. The molecule has 1 rings (SSSR count). The fourth-order valence-corrected chi connectivity index (χ4v) is 0.0373. The summed E-state index contributed by atoms with van der Waals surface area (Å²) in [7, 11) is 0. The summed E-state index contributed by atoms with van der Waals surface area (Å²) in [4.78, 5) is 7.01. The van der Waals surface area contributed by atoms with Crippen LogP contribution in [-0.4, -0.2) is 16.4 Å². The normalized spacial score (nSPS) is 25.0. The third kappa shape index (κ3) is 2.40. The molecule has 0 aromatic heterocycles. The summed E-state index contributed by atoms with van der Waals surface area (Å²) in [5.41, 5.74) is 0. The van der Waals surface area contributed by atoms with E-state index in [1.807, 2.05) is 0 Å². The monoisotopic (exact) mass is 218 g/mol. The van der Waals surface area contributed by atoms with Crippen LogP contribution in [0.2, 0.25) is 0 Å². The minimum atomic E-state index is -2.25. The molecule has 0 aliphatic carbocycles. The van der Waals surface area contributed by atoms with Crippen LogP contribution in [0.3, 0.4) is 0 Å². The maximum absolute atomic E-state index is 7.74. The smallest absolute Gasteiger partial charge is 0.315 e. The molecule has 34 valence electrons. The Morgan fingerprint density at radius 2 is 1.33 bits per heavy atom. The maximum Gasteiger partial charge on any atom is 0.461 e. The summed E-state index contributed by atoms with van der Waals surface area (Å²) < 4.78 is 0. The fourth-order valence-electron chi connectivity index (χ4n) is 0.0373. The number of hydrogen-bond acceptors (Lipinski definition) is 4. The van der Waals surface area contributed by atoms with Crippen molar-refractivity contribution in [2.75, 3.05) is 0 Å². The second kappa shape index (κ2) is 1.99. The molecular formula is CH2CeO4. The summed E-state index contributed by atoms with van der Waals surface area (Å²) in [6.45, 7) is 0. The Morgan fingerprint density at radius 1 is 1.17 bits per heavy atom. The van der Waals surface area contributed by atoms with Gasteiger partial charge in [-0.1, -0.05) is 0 Å². The van der Waals surface area contributed by atoms with Gasteiger partial charge in [-0.25, -0.2) is 0 Å². The van der Waals surface area contributed by atoms with Gasteiger partial charge in [-0.15, -0.1) is 9.78 Å². The van der Waals surface area contributed by atoms with Crippen LogP contribution in [-0.2, 0) is 9.78 Å². The van der Waals surface area contributed by atoms with Crippen LogP contribution in [0.4, 0.5) is 0 Å². The van der Waals surface area contributed by atoms with Crippen molar-refractivity contribution in [3.8, 4) is 0 Å². The van der Waals surface area contributed by atoms with E-state index in [1.165, 1.54) is 0 Å². The van der Waals surface area contributed by atoms with Gasteiger partial charge in [0.15, 0.2) is 0 Å². The first-order valence-corrected chi connectivity index (χ1v) is 1.02. The van der Waals surface area contributed by atoms with E-state index < -0.39 is 6.16 Å². The van der Waals surface area contributed by atoms with E-state index >= 15 is 0 Å². The molecule has 0 unspecified atom stereocenters. The van der Waals surface area contributed by atoms with Gasteiger partial charge < -0.3 is 10.2 Å². The average molecular weight is 218 g/mol. The molecule has 1 heterocycles. The molecule has 1 saturated heterocycles. The minimum Gasteiger partial charge on any atom is -0.315 e. The topological polar surface area (TPSA) is 65.5 Å². The fraction of sp³-hybridized carbons (Fsp3) is 1.00. The van der Waals surface area contributed by atoms with Gasteiger partial charge in [-0.2, -0.15) is 0 Å². The van der Waals surface area contributed by atoms with E-state index in [2.05, 4.69) is 9.78 Å². The zero-order valence-electron chi connectivity index (χ0n) is 2.71. The van der Waals surface area contributed by atoms with Crippen molar-refractivity contribution in [2.45, 2.75) is 6.16 Å². The van der Waals surface area contributed by atoms with Gasteiger partial charge in [0.2, 0.25) is 0 Å². The third-order valence-electron chi connectivity index (χ3n) is 0.232. The van der Waals surface area contributed by atoms with Crippen LogP contribution >= 0.6 is 0 Å². The molecule has 0 aromatic rings. The molecule has 0 atom stereocenters. The Bertz CT molecular complexity index is 45.5.